The van der Waals surface area contributed by atoms with Gasteiger partial charge in [0.25, 0.3) is 5.69 Å². The van der Waals surface area contributed by atoms with Crippen molar-refractivity contribution in [3.8, 4) is 0 Å². The van der Waals surface area contributed by atoms with E-state index in [4.69, 9.17) is 4.42 Å². The van der Waals surface area contributed by atoms with Crippen molar-refractivity contribution in [2.24, 2.45) is 0 Å². The van der Waals surface area contributed by atoms with Gasteiger partial charge in [-0.1, -0.05) is 0 Å². The largest absolute Gasteiger partial charge is 0.463 e. The predicted octanol–water partition coefficient (Wildman–Crippen LogP) is 2.61. The monoisotopic (exact) mass is 358 g/mol. The molecule has 0 saturated carbocycles. The summed E-state index contributed by atoms with van der Waals surface area (Å²) in [7, 11) is 0. The minimum absolute atomic E-state index is 0.0791. The number of nitrogens with zero attached hydrogens (tertiary/aromatic N) is 1. The number of nitro groups is 1. The summed E-state index contributed by atoms with van der Waals surface area (Å²) in [5.41, 5.74) is 0.684. The van der Waals surface area contributed by atoms with Crippen molar-refractivity contribution in [3.63, 3.8) is 0 Å². The molecule has 0 aliphatic carbocycles. The van der Waals surface area contributed by atoms with Crippen LogP contribution in [0.25, 0.3) is 0 Å². The standard InChI is InChI=1S/C19H23N3O4/c1-14(23)15-7-8-16(17(12-15)22(24)25)20-13-18(19-6-5-11-26-19)21-9-3-2-4-10-21/h5-8,11-12,18,20H,2-4,9-10,13H2,1H3/p+1/t18-/m1/s1. The second kappa shape index (κ2) is 8.14. The van der Waals surface area contributed by atoms with E-state index in [1.165, 1.54) is 37.2 Å². The lowest BCUT2D eigenvalue weighted by Gasteiger charge is -2.30. The number of anilines is 1. The number of hydrogen-bond acceptors (Lipinski definition) is 5. The van der Waals surface area contributed by atoms with E-state index < -0.39 is 4.92 Å². The Morgan fingerprint density at radius 3 is 2.69 bits per heavy atom. The van der Waals surface area contributed by atoms with Crippen LogP contribution in [0.5, 0.6) is 0 Å². The molecular weight excluding hydrogens is 334 g/mol. The van der Waals surface area contributed by atoms with E-state index in [9.17, 15) is 14.9 Å². The van der Waals surface area contributed by atoms with E-state index in [0.29, 0.717) is 17.8 Å². The lowest BCUT2D eigenvalue weighted by Crippen LogP contribution is -3.13. The maximum atomic E-state index is 11.5. The van der Waals surface area contributed by atoms with Gasteiger partial charge in [-0.3, -0.25) is 14.9 Å². The van der Waals surface area contributed by atoms with Gasteiger partial charge in [-0.25, -0.2) is 0 Å². The fourth-order valence-electron chi connectivity index (χ4n) is 3.55. The van der Waals surface area contributed by atoms with Crippen molar-refractivity contribution >= 4 is 17.2 Å². The fraction of sp³-hybridized carbons (Fsp3) is 0.421. The zero-order valence-electron chi connectivity index (χ0n) is 14.9. The Balaban J connectivity index is 1.80. The first-order valence-electron chi connectivity index (χ1n) is 8.97. The average molecular weight is 358 g/mol. The highest BCUT2D eigenvalue weighted by atomic mass is 16.6. The third-order valence-corrected chi connectivity index (χ3v) is 4.97. The van der Waals surface area contributed by atoms with Gasteiger partial charge in [0, 0.05) is 11.6 Å². The number of Topliss-reactive ketones (excluding diaryl/α,β-unsaturated/α-hetero) is 1. The number of carbonyl (C=O) groups excluding carboxylic acids is 1. The van der Waals surface area contributed by atoms with Gasteiger partial charge in [0.05, 0.1) is 30.8 Å². The van der Waals surface area contributed by atoms with Crippen molar-refractivity contribution in [1.29, 1.82) is 0 Å². The molecule has 0 amide bonds. The van der Waals surface area contributed by atoms with Gasteiger partial charge in [0.1, 0.15) is 5.69 Å². The Bertz CT molecular complexity index is 767. The molecular formula is C19H24N3O4+. The number of likely N-dealkylation sites (tertiary alicyclic amines) is 1. The summed E-state index contributed by atoms with van der Waals surface area (Å²) in [6.07, 6.45) is 5.27. The number of hydrogen-bond donors (Lipinski definition) is 2. The number of carbonyl (C=O) groups is 1. The molecule has 2 heterocycles. The van der Waals surface area contributed by atoms with Gasteiger partial charge in [-0.05, 0) is 50.5 Å². The Morgan fingerprint density at radius 1 is 1.31 bits per heavy atom. The minimum atomic E-state index is -0.454. The third kappa shape index (κ3) is 4.11. The van der Waals surface area contributed by atoms with Gasteiger partial charge in [-0.15, -0.1) is 0 Å². The highest BCUT2D eigenvalue weighted by molar-refractivity contribution is 5.95. The molecule has 7 heteroatoms. The number of nitrogens with one attached hydrogen (secondary N) is 2. The van der Waals surface area contributed by atoms with E-state index in [1.807, 2.05) is 12.1 Å². The molecule has 1 aliphatic rings. The molecule has 1 aromatic carbocycles. The summed E-state index contributed by atoms with van der Waals surface area (Å²) in [6.45, 7) is 4.07. The Kier molecular flexibility index (Phi) is 5.68. The van der Waals surface area contributed by atoms with Crippen molar-refractivity contribution < 1.29 is 19.0 Å². The maximum Gasteiger partial charge on any atom is 0.293 e. The van der Waals surface area contributed by atoms with Crippen LogP contribution in [0, 0.1) is 10.1 Å². The Hall–Kier alpha value is -2.67. The lowest BCUT2D eigenvalue weighted by atomic mass is 10.1. The number of rotatable bonds is 7. The fourth-order valence-corrected chi connectivity index (χ4v) is 3.55. The smallest absolute Gasteiger partial charge is 0.293 e. The highest BCUT2D eigenvalue weighted by Crippen LogP contribution is 2.26. The molecule has 26 heavy (non-hydrogen) atoms. The van der Waals surface area contributed by atoms with E-state index in [2.05, 4.69) is 5.32 Å². The molecule has 1 aliphatic heterocycles. The quantitative estimate of drug-likeness (QED) is 0.451. The first kappa shape index (κ1) is 18.1. The summed E-state index contributed by atoms with van der Waals surface area (Å²) >= 11 is 0. The number of quaternary nitrogens is 1. The van der Waals surface area contributed by atoms with Crippen LogP contribution in [0.1, 0.15) is 48.3 Å². The second-order valence-corrected chi connectivity index (χ2v) is 6.71. The van der Waals surface area contributed by atoms with Gasteiger partial charge in [0.15, 0.2) is 17.6 Å². The SMILES string of the molecule is CC(=O)c1ccc(NC[C@H](c2ccco2)[NH+]2CCCCC2)c([N+](=O)[O-])c1. The lowest BCUT2D eigenvalue weighted by molar-refractivity contribution is -0.935. The molecule has 1 saturated heterocycles. The average Bonchev–Trinajstić information content (AvgIpc) is 3.17. The zero-order chi connectivity index (χ0) is 18.5. The molecule has 1 atom stereocenters. The third-order valence-electron chi connectivity index (χ3n) is 4.97. The topological polar surface area (TPSA) is 89.8 Å². The second-order valence-electron chi connectivity index (χ2n) is 6.71. The van der Waals surface area contributed by atoms with Crippen LogP contribution in [0.15, 0.2) is 41.0 Å². The van der Waals surface area contributed by atoms with E-state index in [-0.39, 0.29) is 17.5 Å². The van der Waals surface area contributed by atoms with Gasteiger partial charge < -0.3 is 14.6 Å². The van der Waals surface area contributed by atoms with E-state index >= 15 is 0 Å². The normalized spacial score (nSPS) is 16.2. The Morgan fingerprint density at radius 2 is 2.08 bits per heavy atom. The summed E-state index contributed by atoms with van der Waals surface area (Å²) in [4.78, 5) is 23.9. The summed E-state index contributed by atoms with van der Waals surface area (Å²) in [6, 6.07) is 8.49. The van der Waals surface area contributed by atoms with Crippen LogP contribution in [0.4, 0.5) is 11.4 Å². The minimum Gasteiger partial charge on any atom is -0.463 e. The zero-order valence-corrected chi connectivity index (χ0v) is 14.9. The molecule has 0 spiro atoms. The van der Waals surface area contributed by atoms with Gasteiger partial charge in [-0.2, -0.15) is 0 Å². The van der Waals surface area contributed by atoms with Crippen molar-refractivity contribution in [1.82, 2.24) is 0 Å². The number of benzene rings is 1. The van der Waals surface area contributed by atoms with Crippen LogP contribution in [0.3, 0.4) is 0 Å². The molecule has 1 aromatic heterocycles. The first-order valence-corrected chi connectivity index (χ1v) is 8.97. The molecule has 1 fully saturated rings. The van der Waals surface area contributed by atoms with Crippen molar-refractivity contribution in [2.75, 3.05) is 25.0 Å². The summed E-state index contributed by atoms with van der Waals surface area (Å²) in [5, 5.41) is 14.6. The van der Waals surface area contributed by atoms with Crippen molar-refractivity contribution in [2.45, 2.75) is 32.2 Å². The summed E-state index contributed by atoms with van der Waals surface area (Å²) in [5.74, 6) is 0.697. The van der Waals surface area contributed by atoms with Crippen LogP contribution in [-0.4, -0.2) is 30.3 Å². The molecule has 2 N–H and O–H groups in total. The van der Waals surface area contributed by atoms with Crippen LogP contribution in [-0.2, 0) is 0 Å². The predicted molar refractivity (Wildman–Crippen MR) is 97.6 cm³/mol. The molecule has 3 rings (SSSR count). The molecule has 2 aromatic rings. The van der Waals surface area contributed by atoms with Gasteiger partial charge in [0.2, 0.25) is 0 Å². The molecule has 138 valence electrons. The Labute approximate surface area is 152 Å². The molecule has 7 nitrogen and oxygen atoms in total. The first-order chi connectivity index (χ1) is 12.6. The van der Waals surface area contributed by atoms with E-state index in [1.54, 1.807) is 18.4 Å². The number of piperidine rings is 1. The van der Waals surface area contributed by atoms with Crippen molar-refractivity contribution in [3.05, 3.63) is 58.0 Å². The number of ketones is 1. The van der Waals surface area contributed by atoms with E-state index in [0.717, 1.165) is 18.8 Å². The number of nitro benzene ring substituents is 1. The van der Waals surface area contributed by atoms with Crippen LogP contribution >= 0.6 is 0 Å². The summed E-state index contributed by atoms with van der Waals surface area (Å²) < 4.78 is 5.63. The highest BCUT2D eigenvalue weighted by Gasteiger charge is 2.29. The molecule has 0 radical (unpaired) electrons. The van der Waals surface area contributed by atoms with Gasteiger partial charge >= 0.3 is 0 Å². The molecule has 0 bridgehead atoms. The molecule has 0 unspecified atom stereocenters. The van der Waals surface area contributed by atoms with Crippen LogP contribution in [0.2, 0.25) is 0 Å². The van der Waals surface area contributed by atoms with Crippen LogP contribution < -0.4 is 10.2 Å². The number of furan rings is 1. The maximum absolute atomic E-state index is 11.5.